The molecule has 2 aliphatic rings. The summed E-state index contributed by atoms with van der Waals surface area (Å²) in [6.07, 6.45) is 3.07. The Bertz CT molecular complexity index is 717. The number of benzene rings is 1. The summed E-state index contributed by atoms with van der Waals surface area (Å²) in [7, 11) is -3.64. The lowest BCUT2D eigenvalue weighted by molar-refractivity contribution is -0.133. The van der Waals surface area contributed by atoms with Crippen LogP contribution in [0.2, 0.25) is 0 Å². The number of piperidine rings is 1. The van der Waals surface area contributed by atoms with Crippen molar-refractivity contribution in [3.8, 4) is 0 Å². The normalized spacial score (nSPS) is 21.4. The molecule has 138 valence electrons. The summed E-state index contributed by atoms with van der Waals surface area (Å²) < 4.78 is 38.1. The van der Waals surface area contributed by atoms with Crippen molar-refractivity contribution in [3.63, 3.8) is 0 Å². The standard InChI is InChI=1S/C18H25FN2O3S/c1-14(25(23,24)16-4-2-15(19)3-5-16)12-17(22)21-10-7-18(8-11-21)6-9-20-13-18/h2-5,14,20H,6-13H2,1H3. The van der Waals surface area contributed by atoms with E-state index in [1.165, 1.54) is 12.1 Å². The van der Waals surface area contributed by atoms with Crippen molar-refractivity contribution in [2.24, 2.45) is 5.41 Å². The summed E-state index contributed by atoms with van der Waals surface area (Å²) in [5, 5.41) is 2.57. The smallest absolute Gasteiger partial charge is 0.223 e. The molecular weight excluding hydrogens is 343 g/mol. The Morgan fingerprint density at radius 1 is 1.24 bits per heavy atom. The first-order valence-corrected chi connectivity index (χ1v) is 10.4. The number of nitrogens with one attached hydrogen (secondary N) is 1. The summed E-state index contributed by atoms with van der Waals surface area (Å²) in [5.74, 6) is -0.592. The minimum absolute atomic E-state index is 0.0367. The zero-order valence-electron chi connectivity index (χ0n) is 14.5. The van der Waals surface area contributed by atoms with Gasteiger partial charge in [0.2, 0.25) is 5.91 Å². The van der Waals surface area contributed by atoms with Gasteiger partial charge in [-0.3, -0.25) is 4.79 Å². The van der Waals surface area contributed by atoms with Gasteiger partial charge in [0, 0.05) is 26.1 Å². The third kappa shape index (κ3) is 3.87. The van der Waals surface area contributed by atoms with E-state index in [-0.39, 0.29) is 17.2 Å². The lowest BCUT2D eigenvalue weighted by atomic mass is 9.78. The van der Waals surface area contributed by atoms with Crippen LogP contribution in [0.4, 0.5) is 4.39 Å². The van der Waals surface area contributed by atoms with Crippen molar-refractivity contribution in [3.05, 3.63) is 30.1 Å². The average Bonchev–Trinajstić information content (AvgIpc) is 3.03. The van der Waals surface area contributed by atoms with Gasteiger partial charge in [0.1, 0.15) is 5.82 Å². The number of rotatable bonds is 4. The number of nitrogens with zero attached hydrogens (tertiary/aromatic N) is 1. The quantitative estimate of drug-likeness (QED) is 0.826. The Morgan fingerprint density at radius 2 is 1.88 bits per heavy atom. The van der Waals surface area contributed by atoms with E-state index >= 15 is 0 Å². The largest absolute Gasteiger partial charge is 0.343 e. The summed E-state index contributed by atoms with van der Waals surface area (Å²) >= 11 is 0. The molecule has 1 atom stereocenters. The molecule has 1 aromatic carbocycles. The number of hydrogen-bond donors (Lipinski definition) is 1. The van der Waals surface area contributed by atoms with Gasteiger partial charge in [-0.05, 0) is 62.4 Å². The Morgan fingerprint density at radius 3 is 2.44 bits per heavy atom. The second kappa shape index (κ2) is 7.03. The average molecular weight is 368 g/mol. The van der Waals surface area contributed by atoms with E-state index in [4.69, 9.17) is 0 Å². The van der Waals surface area contributed by atoms with Crippen molar-refractivity contribution < 1.29 is 17.6 Å². The number of likely N-dealkylation sites (tertiary alicyclic amines) is 1. The van der Waals surface area contributed by atoms with Crippen LogP contribution in [0.25, 0.3) is 0 Å². The Hall–Kier alpha value is -1.47. The van der Waals surface area contributed by atoms with Crippen molar-refractivity contribution in [2.75, 3.05) is 26.2 Å². The van der Waals surface area contributed by atoms with Gasteiger partial charge in [-0.1, -0.05) is 0 Å². The Kier molecular flexibility index (Phi) is 5.16. The monoisotopic (exact) mass is 368 g/mol. The molecule has 1 aromatic rings. The maximum absolute atomic E-state index is 13.0. The van der Waals surface area contributed by atoms with Gasteiger partial charge in [0.05, 0.1) is 10.1 Å². The minimum Gasteiger partial charge on any atom is -0.343 e. The SMILES string of the molecule is CC(CC(=O)N1CCC2(CCNC2)CC1)S(=O)(=O)c1ccc(F)cc1. The van der Waals surface area contributed by atoms with Crippen LogP contribution in [0, 0.1) is 11.2 Å². The van der Waals surface area contributed by atoms with Gasteiger partial charge in [0.15, 0.2) is 9.84 Å². The molecule has 1 spiro atoms. The second-order valence-electron chi connectivity index (χ2n) is 7.32. The summed E-state index contributed by atoms with van der Waals surface area (Å²) in [6.45, 7) is 5.00. The molecular formula is C18H25FN2O3S. The highest BCUT2D eigenvalue weighted by molar-refractivity contribution is 7.92. The highest BCUT2D eigenvalue weighted by atomic mass is 32.2. The second-order valence-corrected chi connectivity index (χ2v) is 9.69. The predicted octanol–water partition coefficient (Wildman–Crippen LogP) is 1.98. The summed E-state index contributed by atoms with van der Waals surface area (Å²) in [6, 6.07) is 4.76. The molecule has 5 nitrogen and oxygen atoms in total. The molecule has 0 radical (unpaired) electrons. The fourth-order valence-corrected chi connectivity index (χ4v) is 5.14. The van der Waals surface area contributed by atoms with Gasteiger partial charge in [-0.15, -0.1) is 0 Å². The molecule has 25 heavy (non-hydrogen) atoms. The summed E-state index contributed by atoms with van der Waals surface area (Å²) in [5.41, 5.74) is 0.322. The van der Waals surface area contributed by atoms with E-state index in [1.54, 1.807) is 11.8 Å². The fourth-order valence-electron chi connectivity index (χ4n) is 3.79. The first-order valence-electron chi connectivity index (χ1n) is 8.80. The lowest BCUT2D eigenvalue weighted by Crippen LogP contribution is -2.45. The van der Waals surface area contributed by atoms with Crippen LogP contribution >= 0.6 is 0 Å². The van der Waals surface area contributed by atoms with Crippen molar-refractivity contribution >= 4 is 15.7 Å². The number of sulfone groups is 1. The van der Waals surface area contributed by atoms with Crippen LogP contribution < -0.4 is 5.32 Å². The van der Waals surface area contributed by atoms with Crippen LogP contribution in [0.5, 0.6) is 0 Å². The van der Waals surface area contributed by atoms with Crippen molar-refractivity contribution in [1.29, 1.82) is 0 Å². The number of halogens is 1. The molecule has 1 N–H and O–H groups in total. The maximum atomic E-state index is 13.0. The fraction of sp³-hybridized carbons (Fsp3) is 0.611. The molecule has 2 fully saturated rings. The van der Waals surface area contributed by atoms with Crippen LogP contribution in [0.1, 0.15) is 32.6 Å². The molecule has 0 bridgehead atoms. The van der Waals surface area contributed by atoms with Gasteiger partial charge in [-0.25, -0.2) is 12.8 Å². The first kappa shape index (κ1) is 18.3. The van der Waals surface area contributed by atoms with Gasteiger partial charge in [0.25, 0.3) is 0 Å². The minimum atomic E-state index is -3.64. The molecule has 1 amide bonds. The Balaban J connectivity index is 1.59. The van der Waals surface area contributed by atoms with Crippen LogP contribution in [-0.2, 0) is 14.6 Å². The third-order valence-electron chi connectivity index (χ3n) is 5.64. The number of hydrogen-bond acceptors (Lipinski definition) is 4. The predicted molar refractivity (Wildman–Crippen MR) is 93.4 cm³/mol. The molecule has 3 rings (SSSR count). The molecule has 1 unspecified atom stereocenters. The maximum Gasteiger partial charge on any atom is 0.223 e. The van der Waals surface area contributed by atoms with Crippen LogP contribution in [-0.4, -0.2) is 50.7 Å². The number of carbonyl (C=O) groups excluding carboxylic acids is 1. The van der Waals surface area contributed by atoms with Crippen molar-refractivity contribution in [2.45, 2.75) is 42.8 Å². The number of carbonyl (C=O) groups is 1. The van der Waals surface area contributed by atoms with E-state index in [2.05, 4.69) is 5.32 Å². The third-order valence-corrected chi connectivity index (χ3v) is 7.80. The van der Waals surface area contributed by atoms with E-state index < -0.39 is 20.9 Å². The summed E-state index contributed by atoms with van der Waals surface area (Å²) in [4.78, 5) is 14.4. The van der Waals surface area contributed by atoms with Crippen molar-refractivity contribution in [1.82, 2.24) is 10.2 Å². The zero-order chi connectivity index (χ0) is 18.1. The highest BCUT2D eigenvalue weighted by Crippen LogP contribution is 2.37. The van der Waals surface area contributed by atoms with Gasteiger partial charge in [-0.2, -0.15) is 0 Å². The molecule has 0 aliphatic carbocycles. The molecule has 0 saturated carbocycles. The molecule has 2 saturated heterocycles. The van der Waals surface area contributed by atoms with Crippen LogP contribution in [0.15, 0.2) is 29.2 Å². The highest BCUT2D eigenvalue weighted by Gasteiger charge is 2.38. The topological polar surface area (TPSA) is 66.5 Å². The van der Waals surface area contributed by atoms with E-state index in [0.717, 1.165) is 44.5 Å². The molecule has 2 heterocycles. The molecule has 0 aromatic heterocycles. The number of amides is 1. The van der Waals surface area contributed by atoms with Gasteiger partial charge >= 0.3 is 0 Å². The Labute approximate surface area is 148 Å². The van der Waals surface area contributed by atoms with Gasteiger partial charge < -0.3 is 10.2 Å². The van der Waals surface area contributed by atoms with E-state index in [1.807, 2.05) is 0 Å². The first-order chi connectivity index (χ1) is 11.8. The van der Waals surface area contributed by atoms with E-state index in [9.17, 15) is 17.6 Å². The molecule has 2 aliphatic heterocycles. The lowest BCUT2D eigenvalue weighted by Gasteiger charge is -2.39. The molecule has 7 heteroatoms. The zero-order valence-corrected chi connectivity index (χ0v) is 15.3. The van der Waals surface area contributed by atoms with E-state index in [0.29, 0.717) is 18.5 Å². The van der Waals surface area contributed by atoms with Crippen LogP contribution in [0.3, 0.4) is 0 Å².